The molecule has 148 valence electrons. The lowest BCUT2D eigenvalue weighted by atomic mass is 9.99. The summed E-state index contributed by atoms with van der Waals surface area (Å²) >= 11 is 0. The predicted octanol–water partition coefficient (Wildman–Crippen LogP) is 4.10. The van der Waals surface area contributed by atoms with Crippen LogP contribution in [0.3, 0.4) is 0 Å². The minimum Gasteiger partial charge on any atom is -0.495 e. The van der Waals surface area contributed by atoms with Crippen LogP contribution in [0.4, 0.5) is 0 Å². The second kappa shape index (κ2) is 9.57. The van der Waals surface area contributed by atoms with Crippen LogP contribution in [-0.2, 0) is 0 Å². The minimum atomic E-state index is -0.181. The fourth-order valence-electron chi connectivity index (χ4n) is 4.12. The molecule has 0 spiro atoms. The van der Waals surface area contributed by atoms with Crippen LogP contribution in [0.2, 0.25) is 0 Å². The van der Waals surface area contributed by atoms with E-state index in [1.807, 2.05) is 24.3 Å². The van der Waals surface area contributed by atoms with Gasteiger partial charge in [-0.15, -0.1) is 0 Å². The number of hydrogen-bond acceptors (Lipinski definition) is 4. The van der Waals surface area contributed by atoms with Gasteiger partial charge in [-0.05, 0) is 38.4 Å². The van der Waals surface area contributed by atoms with Crippen LogP contribution in [0.15, 0.2) is 30.3 Å². The Hall–Kier alpha value is -2.58. The highest BCUT2D eigenvalue weighted by molar-refractivity contribution is 6.05. The van der Waals surface area contributed by atoms with Crippen molar-refractivity contribution in [2.45, 2.75) is 45.1 Å². The zero-order chi connectivity index (χ0) is 19.9. The van der Waals surface area contributed by atoms with Crippen molar-refractivity contribution < 1.29 is 9.53 Å². The molecule has 1 saturated heterocycles. The van der Waals surface area contributed by atoms with Crippen molar-refractivity contribution in [1.29, 1.82) is 5.26 Å². The number of hydrogen-bond donors (Lipinski definition) is 1. The molecule has 0 aliphatic carbocycles. The van der Waals surface area contributed by atoms with Crippen LogP contribution < -0.4 is 10.1 Å². The maximum absolute atomic E-state index is 12.9. The predicted molar refractivity (Wildman–Crippen MR) is 112 cm³/mol. The molecular formula is C23H29N3O2. The number of ether oxygens (including phenoxy) is 1. The number of rotatable bonds is 8. The third-order valence-electron chi connectivity index (χ3n) is 5.61. The quantitative estimate of drug-likeness (QED) is 0.701. The Balaban J connectivity index is 1.75. The molecule has 0 aromatic heterocycles. The highest BCUT2D eigenvalue weighted by atomic mass is 16.5. The van der Waals surface area contributed by atoms with Gasteiger partial charge in [0.25, 0.3) is 5.91 Å². The highest BCUT2D eigenvalue weighted by Crippen LogP contribution is 2.32. The second-order valence-electron chi connectivity index (χ2n) is 7.41. The van der Waals surface area contributed by atoms with Crippen LogP contribution >= 0.6 is 0 Å². The van der Waals surface area contributed by atoms with Crippen LogP contribution in [-0.4, -0.2) is 43.6 Å². The maximum Gasteiger partial charge on any atom is 0.255 e. The monoisotopic (exact) mass is 379 g/mol. The first-order chi connectivity index (χ1) is 13.7. The summed E-state index contributed by atoms with van der Waals surface area (Å²) < 4.78 is 5.56. The lowest BCUT2D eigenvalue weighted by Gasteiger charge is -2.24. The summed E-state index contributed by atoms with van der Waals surface area (Å²) in [6.07, 6.45) is 5.99. The van der Waals surface area contributed by atoms with Crippen molar-refractivity contribution in [2.24, 2.45) is 0 Å². The standard InChI is InChI=1S/C23H29N3O2/c1-3-4-7-12-26-13-8-9-18(26)16-25-23(27)21-14-17(15-24)19-10-5-6-11-20(19)22(21)28-2/h5-6,10-11,14,18H,3-4,7-9,12-13,16H2,1-2H3,(H,25,27). The van der Waals surface area contributed by atoms with E-state index in [0.717, 1.165) is 30.3 Å². The van der Waals surface area contributed by atoms with Gasteiger partial charge in [0.2, 0.25) is 0 Å². The van der Waals surface area contributed by atoms with E-state index in [1.165, 1.54) is 25.7 Å². The Bertz CT molecular complexity index is 872. The van der Waals surface area contributed by atoms with E-state index in [4.69, 9.17) is 4.74 Å². The second-order valence-corrected chi connectivity index (χ2v) is 7.41. The molecule has 1 heterocycles. The summed E-state index contributed by atoms with van der Waals surface area (Å²) in [6, 6.07) is 11.8. The van der Waals surface area contributed by atoms with Crippen LogP contribution in [0.5, 0.6) is 5.75 Å². The number of carbonyl (C=O) groups excluding carboxylic acids is 1. The van der Waals surface area contributed by atoms with Gasteiger partial charge < -0.3 is 10.1 Å². The summed E-state index contributed by atoms with van der Waals surface area (Å²) in [5.41, 5.74) is 0.914. The highest BCUT2D eigenvalue weighted by Gasteiger charge is 2.25. The number of carbonyl (C=O) groups is 1. The Morgan fingerprint density at radius 1 is 1.32 bits per heavy atom. The number of likely N-dealkylation sites (tertiary alicyclic amines) is 1. The number of nitrogens with one attached hydrogen (secondary N) is 1. The van der Waals surface area contributed by atoms with Gasteiger partial charge in [-0.3, -0.25) is 9.69 Å². The molecule has 1 amide bonds. The zero-order valence-corrected chi connectivity index (χ0v) is 16.8. The Labute approximate surface area is 167 Å². The molecule has 2 aromatic rings. The number of nitrogens with zero attached hydrogens (tertiary/aromatic N) is 2. The molecule has 1 fully saturated rings. The van der Waals surface area contributed by atoms with E-state index in [9.17, 15) is 10.1 Å². The molecule has 28 heavy (non-hydrogen) atoms. The summed E-state index contributed by atoms with van der Waals surface area (Å²) in [6.45, 7) is 5.06. The molecule has 1 aliphatic heterocycles. The molecule has 3 rings (SSSR count). The molecule has 5 nitrogen and oxygen atoms in total. The number of fused-ring (bicyclic) bond motifs is 1. The average Bonchev–Trinajstić information content (AvgIpc) is 3.18. The summed E-state index contributed by atoms with van der Waals surface area (Å²) in [7, 11) is 1.57. The molecule has 2 aromatic carbocycles. The Morgan fingerprint density at radius 2 is 2.11 bits per heavy atom. The van der Waals surface area contributed by atoms with Crippen molar-refractivity contribution >= 4 is 16.7 Å². The van der Waals surface area contributed by atoms with Gasteiger partial charge in [-0.25, -0.2) is 0 Å². The summed E-state index contributed by atoms with van der Waals surface area (Å²) in [4.78, 5) is 15.4. The van der Waals surface area contributed by atoms with E-state index in [2.05, 4.69) is 23.2 Å². The molecule has 1 N–H and O–H groups in total. The molecule has 1 atom stereocenters. The first-order valence-corrected chi connectivity index (χ1v) is 10.2. The van der Waals surface area contributed by atoms with E-state index in [1.54, 1.807) is 13.2 Å². The number of unbranched alkanes of at least 4 members (excludes halogenated alkanes) is 2. The topological polar surface area (TPSA) is 65.4 Å². The number of nitriles is 1. The number of amides is 1. The fraction of sp³-hybridized carbons (Fsp3) is 0.478. The fourth-order valence-corrected chi connectivity index (χ4v) is 4.12. The van der Waals surface area contributed by atoms with E-state index in [-0.39, 0.29) is 5.91 Å². The van der Waals surface area contributed by atoms with Gasteiger partial charge >= 0.3 is 0 Å². The van der Waals surface area contributed by atoms with Gasteiger partial charge in [0.1, 0.15) is 5.75 Å². The van der Waals surface area contributed by atoms with Gasteiger partial charge in [0.05, 0.1) is 24.3 Å². The first kappa shape index (κ1) is 20.2. The van der Waals surface area contributed by atoms with Crippen LogP contribution in [0.25, 0.3) is 10.8 Å². The van der Waals surface area contributed by atoms with Crippen molar-refractivity contribution in [3.63, 3.8) is 0 Å². The van der Waals surface area contributed by atoms with Crippen molar-refractivity contribution in [1.82, 2.24) is 10.2 Å². The first-order valence-electron chi connectivity index (χ1n) is 10.2. The number of benzene rings is 2. The Morgan fingerprint density at radius 3 is 2.82 bits per heavy atom. The molecule has 0 bridgehead atoms. The lowest BCUT2D eigenvalue weighted by molar-refractivity contribution is 0.0937. The van der Waals surface area contributed by atoms with Gasteiger partial charge in [-0.1, -0.05) is 44.0 Å². The number of methoxy groups -OCH3 is 1. The largest absolute Gasteiger partial charge is 0.495 e. The summed E-state index contributed by atoms with van der Waals surface area (Å²) in [5, 5.41) is 14.2. The molecule has 0 saturated carbocycles. The molecule has 5 heteroatoms. The van der Waals surface area contributed by atoms with Crippen LogP contribution in [0.1, 0.15) is 54.9 Å². The lowest BCUT2D eigenvalue weighted by Crippen LogP contribution is -2.40. The van der Waals surface area contributed by atoms with E-state index in [0.29, 0.717) is 29.5 Å². The third-order valence-corrected chi connectivity index (χ3v) is 5.61. The molecule has 1 aliphatic rings. The van der Waals surface area contributed by atoms with E-state index >= 15 is 0 Å². The average molecular weight is 380 g/mol. The Kier molecular flexibility index (Phi) is 6.89. The van der Waals surface area contributed by atoms with Crippen molar-refractivity contribution in [3.8, 4) is 11.8 Å². The maximum atomic E-state index is 12.9. The SMILES string of the molecule is CCCCCN1CCCC1CNC(=O)c1cc(C#N)c2ccccc2c1OC. The third kappa shape index (κ3) is 4.28. The molecular weight excluding hydrogens is 350 g/mol. The van der Waals surface area contributed by atoms with Crippen molar-refractivity contribution in [3.05, 3.63) is 41.5 Å². The minimum absolute atomic E-state index is 0.181. The van der Waals surface area contributed by atoms with Crippen molar-refractivity contribution in [2.75, 3.05) is 26.7 Å². The van der Waals surface area contributed by atoms with Gasteiger partial charge in [0.15, 0.2) is 0 Å². The van der Waals surface area contributed by atoms with Gasteiger partial charge in [0, 0.05) is 23.4 Å². The molecule has 1 unspecified atom stereocenters. The molecule has 0 radical (unpaired) electrons. The van der Waals surface area contributed by atoms with Gasteiger partial charge in [-0.2, -0.15) is 5.26 Å². The summed E-state index contributed by atoms with van der Waals surface area (Å²) in [5.74, 6) is 0.345. The van der Waals surface area contributed by atoms with E-state index < -0.39 is 0 Å². The smallest absolute Gasteiger partial charge is 0.255 e. The van der Waals surface area contributed by atoms with Crippen LogP contribution in [0, 0.1) is 11.3 Å². The normalized spacial score (nSPS) is 16.8. The zero-order valence-electron chi connectivity index (χ0n) is 16.8.